The third-order valence-electron chi connectivity index (χ3n) is 2.29. The Bertz CT molecular complexity index is 434. The van der Waals surface area contributed by atoms with Gasteiger partial charge in [0.15, 0.2) is 0 Å². The third-order valence-corrected chi connectivity index (χ3v) is 2.29. The minimum absolute atomic E-state index is 0.0159. The normalized spacial score (nSPS) is 11.4. The Labute approximate surface area is 105 Å². The van der Waals surface area contributed by atoms with Crippen molar-refractivity contribution in [1.82, 2.24) is 5.32 Å². The number of carbonyl (C=O) groups is 2. The fraction of sp³-hybridized carbons (Fsp3) is 0.333. The maximum atomic E-state index is 11.5. The van der Waals surface area contributed by atoms with Gasteiger partial charge in [0.1, 0.15) is 11.8 Å². The molecule has 0 radical (unpaired) electrons. The Balaban J connectivity index is 2.50. The van der Waals surface area contributed by atoms with Crippen LogP contribution in [0.4, 0.5) is 5.69 Å². The first kappa shape index (κ1) is 13.8. The number of carbonyl (C=O) groups excluding carboxylic acids is 1. The summed E-state index contributed by atoms with van der Waals surface area (Å²) in [7, 11) is 1.53. The lowest BCUT2D eigenvalue weighted by molar-refractivity contribution is -0.141. The van der Waals surface area contributed by atoms with Gasteiger partial charge < -0.3 is 20.5 Å². The van der Waals surface area contributed by atoms with Crippen molar-refractivity contribution in [2.24, 2.45) is 0 Å². The zero-order chi connectivity index (χ0) is 13.5. The average molecular weight is 252 g/mol. The van der Waals surface area contributed by atoms with Gasteiger partial charge in [-0.25, -0.2) is 0 Å². The monoisotopic (exact) mass is 252 g/mol. The van der Waals surface area contributed by atoms with Gasteiger partial charge in [-0.05, 0) is 19.1 Å². The first-order valence-corrected chi connectivity index (χ1v) is 5.43. The highest BCUT2D eigenvalue weighted by Gasteiger charge is 2.13. The molecule has 3 N–H and O–H groups in total. The molecule has 0 saturated heterocycles. The summed E-state index contributed by atoms with van der Waals surface area (Å²) in [6, 6.07) is 6.25. The second-order valence-electron chi connectivity index (χ2n) is 3.68. The van der Waals surface area contributed by atoms with Crippen molar-refractivity contribution in [3.05, 3.63) is 24.3 Å². The van der Waals surface area contributed by atoms with E-state index < -0.39 is 17.9 Å². The molecule has 1 rings (SSSR count). The van der Waals surface area contributed by atoms with Crippen molar-refractivity contribution in [3.63, 3.8) is 0 Å². The fourth-order valence-corrected chi connectivity index (χ4v) is 1.32. The molecule has 0 fully saturated rings. The summed E-state index contributed by atoms with van der Waals surface area (Å²) < 4.78 is 5.11. The van der Waals surface area contributed by atoms with Gasteiger partial charge in [0.2, 0.25) is 5.91 Å². The molecule has 1 aromatic carbocycles. The van der Waals surface area contributed by atoms with E-state index >= 15 is 0 Å². The maximum absolute atomic E-state index is 11.5. The number of anilines is 1. The lowest BCUT2D eigenvalue weighted by Crippen LogP contribution is -2.41. The van der Waals surface area contributed by atoms with Crippen LogP contribution in [0.5, 0.6) is 5.75 Å². The fourth-order valence-electron chi connectivity index (χ4n) is 1.32. The van der Waals surface area contributed by atoms with Crippen LogP contribution in [0.15, 0.2) is 24.3 Å². The van der Waals surface area contributed by atoms with Crippen molar-refractivity contribution in [2.75, 3.05) is 19.0 Å². The molecule has 1 aromatic rings. The van der Waals surface area contributed by atoms with Crippen molar-refractivity contribution in [2.45, 2.75) is 13.0 Å². The van der Waals surface area contributed by atoms with E-state index in [0.717, 1.165) is 0 Å². The smallest absolute Gasteiger partial charge is 0.325 e. The second kappa shape index (κ2) is 6.48. The molecule has 0 saturated carbocycles. The number of para-hydroxylation sites is 2. The van der Waals surface area contributed by atoms with Crippen LogP contribution < -0.4 is 15.4 Å². The summed E-state index contributed by atoms with van der Waals surface area (Å²) in [5, 5.41) is 13.9. The number of nitrogens with one attached hydrogen (secondary N) is 2. The summed E-state index contributed by atoms with van der Waals surface area (Å²) >= 11 is 0. The minimum atomic E-state index is -1.07. The van der Waals surface area contributed by atoms with Gasteiger partial charge in [0.25, 0.3) is 0 Å². The Hall–Kier alpha value is -2.24. The van der Waals surface area contributed by atoms with Gasteiger partial charge in [0.05, 0.1) is 19.3 Å². The van der Waals surface area contributed by atoms with Crippen molar-refractivity contribution in [3.8, 4) is 5.75 Å². The Morgan fingerprint density at radius 3 is 2.67 bits per heavy atom. The van der Waals surface area contributed by atoms with Crippen LogP contribution in [-0.4, -0.2) is 36.7 Å². The maximum Gasteiger partial charge on any atom is 0.325 e. The number of hydrogen-bond donors (Lipinski definition) is 3. The van der Waals surface area contributed by atoms with E-state index in [9.17, 15) is 9.59 Å². The molecular weight excluding hydrogens is 236 g/mol. The molecule has 0 aliphatic rings. The summed E-state index contributed by atoms with van der Waals surface area (Å²) in [6.07, 6.45) is 0. The summed E-state index contributed by atoms with van der Waals surface area (Å²) in [5.41, 5.74) is 0.679. The lowest BCUT2D eigenvalue weighted by atomic mass is 10.3. The van der Waals surface area contributed by atoms with Crippen LogP contribution in [0.3, 0.4) is 0 Å². The lowest BCUT2D eigenvalue weighted by Gasteiger charge is -2.12. The minimum Gasteiger partial charge on any atom is -0.495 e. The number of rotatable bonds is 6. The van der Waals surface area contributed by atoms with E-state index in [0.29, 0.717) is 11.4 Å². The van der Waals surface area contributed by atoms with Gasteiger partial charge in [-0.1, -0.05) is 12.1 Å². The van der Waals surface area contributed by atoms with E-state index in [2.05, 4.69) is 10.6 Å². The first-order valence-electron chi connectivity index (χ1n) is 5.43. The van der Waals surface area contributed by atoms with Gasteiger partial charge in [-0.3, -0.25) is 9.59 Å². The van der Waals surface area contributed by atoms with Crippen LogP contribution in [0, 0.1) is 0 Å². The Morgan fingerprint density at radius 2 is 2.06 bits per heavy atom. The Morgan fingerprint density at radius 1 is 1.39 bits per heavy atom. The van der Waals surface area contributed by atoms with Crippen molar-refractivity contribution < 1.29 is 19.4 Å². The molecule has 1 unspecified atom stereocenters. The zero-order valence-corrected chi connectivity index (χ0v) is 10.3. The predicted octanol–water partition coefficient (Wildman–Crippen LogP) is 0.696. The standard InChI is InChI=1S/C12H16N2O4/c1-8(12(16)17)14-11(15)7-13-9-5-3-4-6-10(9)18-2/h3-6,8,13H,7H2,1-2H3,(H,14,15)(H,16,17). The van der Waals surface area contributed by atoms with Gasteiger partial charge >= 0.3 is 5.97 Å². The van der Waals surface area contributed by atoms with E-state index in [1.807, 2.05) is 12.1 Å². The summed E-state index contributed by atoms with van der Waals surface area (Å²) in [4.78, 5) is 22.0. The molecular formula is C12H16N2O4. The average Bonchev–Trinajstić information content (AvgIpc) is 2.36. The van der Waals surface area contributed by atoms with Gasteiger partial charge in [-0.15, -0.1) is 0 Å². The summed E-state index contributed by atoms with van der Waals surface area (Å²) in [5.74, 6) is -0.840. The zero-order valence-electron chi connectivity index (χ0n) is 10.3. The number of methoxy groups -OCH3 is 1. The third kappa shape index (κ3) is 3.97. The van der Waals surface area contributed by atoms with E-state index in [4.69, 9.17) is 9.84 Å². The van der Waals surface area contributed by atoms with Crippen LogP contribution in [0.1, 0.15) is 6.92 Å². The SMILES string of the molecule is COc1ccccc1NCC(=O)NC(C)C(=O)O. The van der Waals surface area contributed by atoms with Crippen LogP contribution >= 0.6 is 0 Å². The van der Waals surface area contributed by atoms with E-state index in [1.165, 1.54) is 14.0 Å². The molecule has 0 heterocycles. The van der Waals surface area contributed by atoms with Crippen LogP contribution in [0.25, 0.3) is 0 Å². The number of carboxylic acids is 1. The highest BCUT2D eigenvalue weighted by molar-refractivity contribution is 5.86. The van der Waals surface area contributed by atoms with Crippen molar-refractivity contribution in [1.29, 1.82) is 0 Å². The molecule has 0 aliphatic heterocycles. The molecule has 18 heavy (non-hydrogen) atoms. The highest BCUT2D eigenvalue weighted by Crippen LogP contribution is 2.22. The number of hydrogen-bond acceptors (Lipinski definition) is 4. The molecule has 0 spiro atoms. The molecule has 6 heteroatoms. The van der Waals surface area contributed by atoms with E-state index in [1.54, 1.807) is 12.1 Å². The summed E-state index contributed by atoms with van der Waals surface area (Å²) in [6.45, 7) is 1.39. The number of aliphatic carboxylic acids is 1. The van der Waals surface area contributed by atoms with Crippen molar-refractivity contribution >= 4 is 17.6 Å². The molecule has 1 amide bonds. The largest absolute Gasteiger partial charge is 0.495 e. The number of amides is 1. The van der Waals surface area contributed by atoms with E-state index in [-0.39, 0.29) is 6.54 Å². The van der Waals surface area contributed by atoms with Gasteiger partial charge in [0, 0.05) is 0 Å². The second-order valence-corrected chi connectivity index (χ2v) is 3.68. The molecule has 0 aliphatic carbocycles. The molecule has 0 bridgehead atoms. The van der Waals surface area contributed by atoms with Crippen LogP contribution in [-0.2, 0) is 9.59 Å². The topological polar surface area (TPSA) is 87.7 Å². The Kier molecular flexibility index (Phi) is 4.98. The molecule has 98 valence electrons. The van der Waals surface area contributed by atoms with Gasteiger partial charge in [-0.2, -0.15) is 0 Å². The highest BCUT2D eigenvalue weighted by atomic mass is 16.5. The molecule has 1 atom stereocenters. The van der Waals surface area contributed by atoms with Crippen LogP contribution in [0.2, 0.25) is 0 Å². The first-order chi connectivity index (χ1) is 8.54. The predicted molar refractivity (Wildman–Crippen MR) is 66.7 cm³/mol. The number of carboxylic acid groups (broad SMARTS) is 1. The number of benzene rings is 1. The number of ether oxygens (including phenoxy) is 1. The molecule has 0 aromatic heterocycles. The quantitative estimate of drug-likeness (QED) is 0.693. The molecule has 6 nitrogen and oxygen atoms in total.